The molecule has 0 aliphatic carbocycles. The standard InChI is InChI=1S/C18H12Cl2N2O/c19-14-8-9-16(17(20)10-14)18(23)22-21-11-13-6-3-5-12-4-1-2-7-15(12)13/h1-11H,(H,22,23)/b21-11-. The van der Waals surface area contributed by atoms with Crippen LogP contribution in [0.25, 0.3) is 10.8 Å². The first-order valence-corrected chi connectivity index (χ1v) is 7.67. The van der Waals surface area contributed by atoms with E-state index in [0.29, 0.717) is 10.6 Å². The number of amides is 1. The van der Waals surface area contributed by atoms with Gasteiger partial charge in [0, 0.05) is 10.6 Å². The van der Waals surface area contributed by atoms with E-state index < -0.39 is 0 Å². The molecule has 23 heavy (non-hydrogen) atoms. The van der Waals surface area contributed by atoms with Crippen LogP contribution in [0.4, 0.5) is 0 Å². The van der Waals surface area contributed by atoms with Crippen LogP contribution >= 0.6 is 23.2 Å². The molecule has 0 aromatic heterocycles. The van der Waals surface area contributed by atoms with Crippen LogP contribution in [0.15, 0.2) is 65.8 Å². The number of hydrogen-bond donors (Lipinski definition) is 1. The van der Waals surface area contributed by atoms with E-state index in [1.807, 2.05) is 42.5 Å². The van der Waals surface area contributed by atoms with E-state index in [0.717, 1.165) is 16.3 Å². The molecule has 0 aliphatic heterocycles. The summed E-state index contributed by atoms with van der Waals surface area (Å²) in [6, 6.07) is 18.6. The highest BCUT2D eigenvalue weighted by Crippen LogP contribution is 2.21. The van der Waals surface area contributed by atoms with Gasteiger partial charge in [-0.1, -0.05) is 65.7 Å². The Hall–Kier alpha value is -2.36. The average molecular weight is 343 g/mol. The smallest absolute Gasteiger partial charge is 0.267 e. The van der Waals surface area contributed by atoms with E-state index in [1.165, 1.54) is 6.07 Å². The molecule has 1 amide bonds. The molecule has 3 rings (SSSR count). The molecule has 3 nitrogen and oxygen atoms in total. The van der Waals surface area contributed by atoms with Crippen LogP contribution in [-0.4, -0.2) is 12.1 Å². The Bertz CT molecular complexity index is 901. The molecule has 0 aliphatic rings. The van der Waals surface area contributed by atoms with Gasteiger partial charge < -0.3 is 0 Å². The number of carbonyl (C=O) groups excluding carboxylic acids is 1. The van der Waals surface area contributed by atoms with Gasteiger partial charge in [-0.15, -0.1) is 0 Å². The van der Waals surface area contributed by atoms with E-state index in [9.17, 15) is 4.79 Å². The summed E-state index contributed by atoms with van der Waals surface area (Å²) in [5, 5.41) is 6.96. The van der Waals surface area contributed by atoms with Crippen LogP contribution in [0.1, 0.15) is 15.9 Å². The molecule has 3 aromatic carbocycles. The molecule has 1 N–H and O–H groups in total. The number of benzene rings is 3. The van der Waals surface area contributed by atoms with Crippen LogP contribution in [0.3, 0.4) is 0 Å². The minimum atomic E-state index is -0.386. The van der Waals surface area contributed by atoms with E-state index >= 15 is 0 Å². The first-order chi connectivity index (χ1) is 11.1. The monoisotopic (exact) mass is 342 g/mol. The van der Waals surface area contributed by atoms with Crippen molar-refractivity contribution in [2.75, 3.05) is 0 Å². The van der Waals surface area contributed by atoms with Crippen molar-refractivity contribution in [1.29, 1.82) is 0 Å². The summed E-state index contributed by atoms with van der Waals surface area (Å²) >= 11 is 11.8. The van der Waals surface area contributed by atoms with Crippen molar-refractivity contribution in [3.63, 3.8) is 0 Å². The predicted molar refractivity (Wildman–Crippen MR) is 95.5 cm³/mol. The molecule has 0 atom stereocenters. The van der Waals surface area contributed by atoms with Crippen molar-refractivity contribution in [3.05, 3.63) is 81.8 Å². The summed E-state index contributed by atoms with van der Waals surface area (Å²) in [6.07, 6.45) is 1.62. The number of hydrogen-bond acceptors (Lipinski definition) is 2. The van der Waals surface area contributed by atoms with E-state index in [2.05, 4.69) is 10.5 Å². The molecule has 0 saturated heterocycles. The van der Waals surface area contributed by atoms with Crippen LogP contribution in [0.2, 0.25) is 10.0 Å². The Kier molecular flexibility index (Phi) is 4.60. The summed E-state index contributed by atoms with van der Waals surface area (Å²) in [4.78, 5) is 12.1. The third kappa shape index (κ3) is 3.52. The lowest BCUT2D eigenvalue weighted by atomic mass is 10.1. The Morgan fingerprint density at radius 1 is 1.00 bits per heavy atom. The zero-order valence-electron chi connectivity index (χ0n) is 12.0. The van der Waals surface area contributed by atoms with E-state index in [4.69, 9.17) is 23.2 Å². The molecule has 0 heterocycles. The Morgan fingerprint density at radius 2 is 1.78 bits per heavy atom. The third-order valence-electron chi connectivity index (χ3n) is 3.37. The zero-order chi connectivity index (χ0) is 16.2. The van der Waals surface area contributed by atoms with Crippen molar-refractivity contribution in [2.24, 2.45) is 5.10 Å². The van der Waals surface area contributed by atoms with Crippen molar-refractivity contribution in [2.45, 2.75) is 0 Å². The van der Waals surface area contributed by atoms with Crippen LogP contribution in [0.5, 0.6) is 0 Å². The normalized spacial score (nSPS) is 11.0. The zero-order valence-corrected chi connectivity index (χ0v) is 13.5. The number of hydrazone groups is 1. The molecule has 0 radical (unpaired) electrons. The van der Waals surface area contributed by atoms with Crippen molar-refractivity contribution < 1.29 is 4.79 Å². The summed E-state index contributed by atoms with van der Waals surface area (Å²) in [7, 11) is 0. The lowest BCUT2D eigenvalue weighted by Crippen LogP contribution is -2.18. The first-order valence-electron chi connectivity index (χ1n) is 6.91. The van der Waals surface area contributed by atoms with Gasteiger partial charge in [0.15, 0.2) is 0 Å². The lowest BCUT2D eigenvalue weighted by molar-refractivity contribution is 0.0955. The third-order valence-corrected chi connectivity index (χ3v) is 3.92. The van der Waals surface area contributed by atoms with Crippen molar-refractivity contribution >= 4 is 46.1 Å². The summed E-state index contributed by atoms with van der Waals surface area (Å²) < 4.78 is 0. The average Bonchev–Trinajstić information content (AvgIpc) is 2.55. The molecule has 0 fully saturated rings. The minimum Gasteiger partial charge on any atom is -0.267 e. The highest BCUT2D eigenvalue weighted by molar-refractivity contribution is 6.36. The molecular weight excluding hydrogens is 331 g/mol. The van der Waals surface area contributed by atoms with Gasteiger partial charge in [0.25, 0.3) is 5.91 Å². The molecular formula is C18H12Cl2N2O. The number of nitrogens with zero attached hydrogens (tertiary/aromatic N) is 1. The topological polar surface area (TPSA) is 41.5 Å². The van der Waals surface area contributed by atoms with Crippen LogP contribution < -0.4 is 5.43 Å². The fourth-order valence-electron chi connectivity index (χ4n) is 2.26. The van der Waals surface area contributed by atoms with Gasteiger partial charge in [-0.2, -0.15) is 5.10 Å². The highest BCUT2D eigenvalue weighted by Gasteiger charge is 2.09. The van der Waals surface area contributed by atoms with E-state index in [1.54, 1.807) is 18.3 Å². The summed E-state index contributed by atoms with van der Waals surface area (Å²) in [5.74, 6) is -0.386. The van der Waals surface area contributed by atoms with Crippen molar-refractivity contribution in [3.8, 4) is 0 Å². The predicted octanol–water partition coefficient (Wildman–Crippen LogP) is 4.91. The van der Waals surface area contributed by atoms with E-state index in [-0.39, 0.29) is 10.9 Å². The van der Waals surface area contributed by atoms with Gasteiger partial charge in [0.1, 0.15) is 0 Å². The van der Waals surface area contributed by atoms with Crippen molar-refractivity contribution in [1.82, 2.24) is 5.43 Å². The molecule has 3 aromatic rings. The summed E-state index contributed by atoms with van der Waals surface area (Å²) in [5.41, 5.74) is 3.72. The fourth-order valence-corrected chi connectivity index (χ4v) is 2.75. The SMILES string of the molecule is O=C(N/N=C\c1cccc2ccccc12)c1ccc(Cl)cc1Cl. The quantitative estimate of drug-likeness (QED) is 0.533. The lowest BCUT2D eigenvalue weighted by Gasteiger charge is -2.04. The number of nitrogens with one attached hydrogen (secondary N) is 1. The number of halogens is 2. The molecule has 114 valence electrons. The second kappa shape index (κ2) is 6.82. The van der Waals surface area contributed by atoms with Crippen LogP contribution in [0, 0.1) is 0 Å². The molecule has 5 heteroatoms. The highest BCUT2D eigenvalue weighted by atomic mass is 35.5. The van der Waals surface area contributed by atoms with Gasteiger partial charge in [-0.25, -0.2) is 5.43 Å². The maximum atomic E-state index is 12.1. The Labute approximate surface area is 143 Å². The largest absolute Gasteiger partial charge is 0.272 e. The van der Waals surface area contributed by atoms with Gasteiger partial charge in [-0.3, -0.25) is 4.79 Å². The van der Waals surface area contributed by atoms with Gasteiger partial charge in [0.05, 0.1) is 16.8 Å². The number of rotatable bonds is 3. The molecule has 0 unspecified atom stereocenters. The first kappa shape index (κ1) is 15.5. The second-order valence-electron chi connectivity index (χ2n) is 4.89. The van der Waals surface area contributed by atoms with Gasteiger partial charge in [0.2, 0.25) is 0 Å². The van der Waals surface area contributed by atoms with Gasteiger partial charge in [-0.05, 0) is 29.0 Å². The summed E-state index contributed by atoms with van der Waals surface area (Å²) in [6.45, 7) is 0. The molecule has 0 bridgehead atoms. The fraction of sp³-hybridized carbons (Fsp3) is 0. The molecule has 0 spiro atoms. The maximum Gasteiger partial charge on any atom is 0.272 e. The maximum absolute atomic E-state index is 12.1. The van der Waals surface area contributed by atoms with Crippen LogP contribution in [-0.2, 0) is 0 Å². The minimum absolute atomic E-state index is 0.287. The Morgan fingerprint density at radius 3 is 2.61 bits per heavy atom. The number of carbonyl (C=O) groups is 1. The second-order valence-corrected chi connectivity index (χ2v) is 5.74. The Balaban J connectivity index is 1.79. The van der Waals surface area contributed by atoms with Gasteiger partial charge >= 0.3 is 0 Å². The number of fused-ring (bicyclic) bond motifs is 1. The molecule has 0 saturated carbocycles.